The number of carboxylic acid groups (broad SMARTS) is 1. The number of carbonyl (C=O) groups excluding carboxylic acids is 1. The second kappa shape index (κ2) is 7.26. The van der Waals surface area contributed by atoms with E-state index in [1.165, 1.54) is 30.2 Å². The van der Waals surface area contributed by atoms with Gasteiger partial charge in [0.2, 0.25) is 0 Å². The lowest BCUT2D eigenvalue weighted by atomic mass is 10.1. The fraction of sp³-hybridized carbons (Fsp3) is 0.429. The summed E-state index contributed by atoms with van der Waals surface area (Å²) < 4.78 is 28.3. The largest absolute Gasteiger partial charge is 0.496 e. The van der Waals surface area contributed by atoms with Crippen LogP contribution in [0.5, 0.6) is 5.75 Å². The molecule has 0 aliphatic heterocycles. The first-order chi connectivity index (χ1) is 10.2. The normalized spacial score (nSPS) is 11.0. The van der Waals surface area contributed by atoms with Crippen LogP contribution in [0.4, 0.5) is 0 Å². The Morgan fingerprint density at radius 1 is 1.32 bits per heavy atom. The first-order valence-electron chi connectivity index (χ1n) is 6.59. The fourth-order valence-corrected chi connectivity index (χ4v) is 2.54. The number of carboxylic acids is 1. The Kier molecular flexibility index (Phi) is 5.92. The molecule has 1 rings (SSSR count). The van der Waals surface area contributed by atoms with Gasteiger partial charge in [-0.15, -0.1) is 0 Å². The lowest BCUT2D eigenvalue weighted by Gasteiger charge is -2.21. The average Bonchev–Trinajstić information content (AvgIpc) is 2.45. The molecular formula is C14H19NO6S. The smallest absolute Gasteiger partial charge is 0.305 e. The topological polar surface area (TPSA) is 101 Å². The van der Waals surface area contributed by atoms with E-state index in [9.17, 15) is 18.0 Å². The molecule has 0 unspecified atom stereocenters. The molecule has 0 saturated carbocycles. The summed E-state index contributed by atoms with van der Waals surface area (Å²) >= 11 is 0. The molecule has 0 radical (unpaired) electrons. The molecule has 0 heterocycles. The zero-order chi connectivity index (χ0) is 16.9. The van der Waals surface area contributed by atoms with E-state index < -0.39 is 21.7 Å². The van der Waals surface area contributed by atoms with Gasteiger partial charge < -0.3 is 14.7 Å². The lowest BCUT2D eigenvalue weighted by Crippen LogP contribution is -2.33. The number of carbonyl (C=O) groups is 2. The van der Waals surface area contributed by atoms with Gasteiger partial charge in [-0.05, 0) is 25.1 Å². The van der Waals surface area contributed by atoms with E-state index >= 15 is 0 Å². The number of nitrogens with zero attached hydrogens (tertiary/aromatic N) is 1. The molecule has 1 N–H and O–H groups in total. The fourth-order valence-electron chi connectivity index (χ4n) is 1.89. The summed E-state index contributed by atoms with van der Waals surface area (Å²) in [6, 6.07) is 4.02. The highest BCUT2D eigenvalue weighted by atomic mass is 32.2. The zero-order valence-corrected chi connectivity index (χ0v) is 13.5. The van der Waals surface area contributed by atoms with Crippen LogP contribution in [-0.4, -0.2) is 56.8 Å². The van der Waals surface area contributed by atoms with Gasteiger partial charge in [-0.3, -0.25) is 9.59 Å². The molecular weight excluding hydrogens is 310 g/mol. The molecule has 1 aromatic rings. The molecule has 0 spiro atoms. The maximum absolute atomic E-state index is 12.5. The molecule has 0 bridgehead atoms. The van der Waals surface area contributed by atoms with Gasteiger partial charge in [-0.25, -0.2) is 8.42 Å². The van der Waals surface area contributed by atoms with E-state index in [-0.39, 0.29) is 29.2 Å². The Balaban J connectivity index is 3.21. The Morgan fingerprint density at radius 2 is 1.95 bits per heavy atom. The number of amides is 1. The number of sulfone groups is 1. The van der Waals surface area contributed by atoms with E-state index in [0.29, 0.717) is 6.54 Å². The van der Waals surface area contributed by atoms with Crippen LogP contribution in [0.3, 0.4) is 0 Å². The Bertz CT molecular complexity index is 668. The molecule has 22 heavy (non-hydrogen) atoms. The van der Waals surface area contributed by atoms with Gasteiger partial charge in [0.25, 0.3) is 5.91 Å². The third kappa shape index (κ3) is 4.45. The van der Waals surface area contributed by atoms with Gasteiger partial charge in [-0.2, -0.15) is 0 Å². The van der Waals surface area contributed by atoms with Gasteiger partial charge in [0.05, 0.1) is 24.0 Å². The van der Waals surface area contributed by atoms with Crippen molar-refractivity contribution in [3.8, 4) is 5.75 Å². The van der Waals surface area contributed by atoms with Crippen LogP contribution in [0.25, 0.3) is 0 Å². The summed E-state index contributed by atoms with van der Waals surface area (Å²) in [5.41, 5.74) is 0.0951. The minimum Gasteiger partial charge on any atom is -0.496 e. The Morgan fingerprint density at radius 3 is 2.41 bits per heavy atom. The molecule has 0 aromatic heterocycles. The monoisotopic (exact) mass is 329 g/mol. The summed E-state index contributed by atoms with van der Waals surface area (Å²) in [4.78, 5) is 24.5. The van der Waals surface area contributed by atoms with Crippen LogP contribution in [0.2, 0.25) is 0 Å². The average molecular weight is 329 g/mol. The summed E-state index contributed by atoms with van der Waals surface area (Å²) in [5, 5.41) is 8.72. The van der Waals surface area contributed by atoms with E-state index in [2.05, 4.69) is 0 Å². The van der Waals surface area contributed by atoms with Gasteiger partial charge in [0.1, 0.15) is 5.75 Å². The molecule has 0 saturated heterocycles. The summed E-state index contributed by atoms with van der Waals surface area (Å²) in [5.74, 6) is -1.24. The SMILES string of the molecule is CCN(CCC(=O)O)C(=O)c1cc(S(C)(=O)=O)ccc1OC. The molecule has 8 heteroatoms. The quantitative estimate of drug-likeness (QED) is 0.802. The van der Waals surface area contributed by atoms with Crippen molar-refractivity contribution in [3.05, 3.63) is 23.8 Å². The van der Waals surface area contributed by atoms with Crippen molar-refractivity contribution in [1.29, 1.82) is 0 Å². The Hall–Kier alpha value is -2.09. The van der Waals surface area contributed by atoms with E-state index in [4.69, 9.17) is 9.84 Å². The number of benzene rings is 1. The minimum atomic E-state index is -3.46. The van der Waals surface area contributed by atoms with E-state index in [1.807, 2.05) is 0 Å². The highest BCUT2D eigenvalue weighted by Crippen LogP contribution is 2.24. The van der Waals surface area contributed by atoms with Gasteiger partial charge in [-0.1, -0.05) is 0 Å². The second-order valence-corrected chi connectivity index (χ2v) is 6.68. The predicted octanol–water partition coefficient (Wildman–Crippen LogP) is 1.04. The summed E-state index contributed by atoms with van der Waals surface area (Å²) in [6.45, 7) is 2.06. The van der Waals surface area contributed by atoms with Crippen LogP contribution < -0.4 is 4.74 Å². The molecule has 1 aromatic carbocycles. The van der Waals surface area contributed by atoms with Crippen LogP contribution >= 0.6 is 0 Å². The van der Waals surface area contributed by atoms with Crippen molar-refractivity contribution in [2.24, 2.45) is 0 Å². The molecule has 0 aliphatic rings. The van der Waals surface area contributed by atoms with Crippen LogP contribution in [0.1, 0.15) is 23.7 Å². The maximum Gasteiger partial charge on any atom is 0.305 e. The van der Waals surface area contributed by atoms with Gasteiger partial charge >= 0.3 is 5.97 Å². The molecule has 0 fully saturated rings. The van der Waals surface area contributed by atoms with Gasteiger partial charge in [0.15, 0.2) is 9.84 Å². The molecule has 0 aliphatic carbocycles. The molecule has 0 atom stereocenters. The van der Waals surface area contributed by atoms with Gasteiger partial charge in [0, 0.05) is 19.3 Å². The standard InChI is InChI=1S/C14H19NO6S/c1-4-15(8-7-13(16)17)14(18)11-9-10(22(3,19)20)5-6-12(11)21-2/h5-6,9H,4,7-8H2,1-3H3,(H,16,17). The van der Waals surface area contributed by atoms with Crippen molar-refractivity contribution in [1.82, 2.24) is 4.90 Å². The number of rotatable bonds is 7. The third-order valence-corrected chi connectivity index (χ3v) is 4.20. The van der Waals surface area contributed by atoms with Crippen molar-refractivity contribution >= 4 is 21.7 Å². The number of ether oxygens (including phenoxy) is 1. The van der Waals surface area contributed by atoms with E-state index in [0.717, 1.165) is 6.26 Å². The number of aliphatic carboxylic acids is 1. The molecule has 122 valence electrons. The number of hydrogen-bond acceptors (Lipinski definition) is 5. The van der Waals surface area contributed by atoms with Crippen LogP contribution in [-0.2, 0) is 14.6 Å². The van der Waals surface area contributed by atoms with E-state index in [1.54, 1.807) is 6.92 Å². The van der Waals surface area contributed by atoms with Crippen LogP contribution in [0, 0.1) is 0 Å². The van der Waals surface area contributed by atoms with Crippen molar-refractivity contribution in [2.75, 3.05) is 26.5 Å². The summed E-state index contributed by atoms with van der Waals surface area (Å²) in [6.07, 6.45) is 0.860. The third-order valence-electron chi connectivity index (χ3n) is 3.09. The Labute approximate surface area is 129 Å². The minimum absolute atomic E-state index is 0.00550. The highest BCUT2D eigenvalue weighted by Gasteiger charge is 2.21. The van der Waals surface area contributed by atoms with Crippen LogP contribution in [0.15, 0.2) is 23.1 Å². The van der Waals surface area contributed by atoms with Crippen molar-refractivity contribution < 1.29 is 27.9 Å². The zero-order valence-electron chi connectivity index (χ0n) is 12.7. The second-order valence-electron chi connectivity index (χ2n) is 4.66. The molecule has 1 amide bonds. The van der Waals surface area contributed by atoms with Crippen molar-refractivity contribution in [2.45, 2.75) is 18.2 Å². The lowest BCUT2D eigenvalue weighted by molar-refractivity contribution is -0.137. The number of methoxy groups -OCH3 is 1. The first-order valence-corrected chi connectivity index (χ1v) is 8.49. The number of hydrogen-bond donors (Lipinski definition) is 1. The maximum atomic E-state index is 12.5. The van der Waals surface area contributed by atoms with Crippen molar-refractivity contribution in [3.63, 3.8) is 0 Å². The predicted molar refractivity (Wildman–Crippen MR) is 79.9 cm³/mol. The highest BCUT2D eigenvalue weighted by molar-refractivity contribution is 7.90. The first kappa shape index (κ1) is 18.0. The summed E-state index contributed by atoms with van der Waals surface area (Å²) in [7, 11) is -2.09. The molecule has 7 nitrogen and oxygen atoms in total.